The fourth-order valence-electron chi connectivity index (χ4n) is 2.74. The quantitative estimate of drug-likeness (QED) is 0.808. The van der Waals surface area contributed by atoms with Crippen molar-refractivity contribution in [3.05, 3.63) is 60.1 Å². The van der Waals surface area contributed by atoms with E-state index in [0.717, 1.165) is 11.3 Å². The van der Waals surface area contributed by atoms with E-state index in [-0.39, 0.29) is 17.9 Å². The number of alkyl halides is 1. The van der Waals surface area contributed by atoms with Crippen LogP contribution in [0.1, 0.15) is 23.8 Å². The second kappa shape index (κ2) is 5.71. The first-order chi connectivity index (χ1) is 9.79. The number of benzene rings is 1. The minimum absolute atomic E-state index is 0.140. The summed E-state index contributed by atoms with van der Waals surface area (Å²) in [6.07, 6.45) is 2.17. The molecule has 3 rings (SSSR count). The molecular weight excluding hydrogens is 274 g/mol. The van der Waals surface area contributed by atoms with Crippen LogP contribution in [0.4, 0.5) is 0 Å². The summed E-state index contributed by atoms with van der Waals surface area (Å²) in [6, 6.07) is 13.6. The number of hydrogen-bond acceptors (Lipinski definition) is 2. The van der Waals surface area contributed by atoms with Crippen LogP contribution in [0.15, 0.2) is 53.1 Å². The van der Waals surface area contributed by atoms with Crippen LogP contribution < -0.4 is 0 Å². The Balaban J connectivity index is 1.97. The summed E-state index contributed by atoms with van der Waals surface area (Å²) in [5.74, 6) is 1.67. The monoisotopic (exact) mass is 289 g/mol. The van der Waals surface area contributed by atoms with E-state index in [2.05, 4.69) is 0 Å². The van der Waals surface area contributed by atoms with Gasteiger partial charge >= 0.3 is 0 Å². The highest BCUT2D eigenvalue weighted by Gasteiger charge is 2.36. The molecule has 104 valence electrons. The van der Waals surface area contributed by atoms with Crippen LogP contribution >= 0.6 is 11.6 Å². The van der Waals surface area contributed by atoms with Gasteiger partial charge in [0.2, 0.25) is 5.91 Å². The maximum atomic E-state index is 12.3. The molecule has 0 saturated carbocycles. The molecule has 0 aliphatic carbocycles. The van der Waals surface area contributed by atoms with Crippen LogP contribution in [0, 0.1) is 5.92 Å². The Labute approximate surface area is 123 Å². The number of likely N-dealkylation sites (tertiary alicyclic amines) is 1. The highest BCUT2D eigenvalue weighted by molar-refractivity contribution is 6.18. The Morgan fingerprint density at radius 2 is 2.05 bits per heavy atom. The van der Waals surface area contributed by atoms with Gasteiger partial charge in [-0.25, -0.2) is 0 Å². The van der Waals surface area contributed by atoms with Gasteiger partial charge in [0.05, 0.1) is 6.26 Å². The predicted octanol–water partition coefficient (Wildman–Crippen LogP) is 3.46. The smallest absolute Gasteiger partial charge is 0.223 e. The third-order valence-electron chi connectivity index (χ3n) is 3.70. The Kier molecular flexibility index (Phi) is 3.79. The summed E-state index contributed by atoms with van der Waals surface area (Å²) in [7, 11) is 0. The largest absolute Gasteiger partial charge is 0.467 e. The minimum atomic E-state index is -0.160. The van der Waals surface area contributed by atoms with Gasteiger partial charge in [0.1, 0.15) is 11.8 Å². The fraction of sp³-hybridized carbons (Fsp3) is 0.312. The molecule has 2 atom stereocenters. The van der Waals surface area contributed by atoms with Crippen molar-refractivity contribution in [2.45, 2.75) is 12.5 Å². The van der Waals surface area contributed by atoms with E-state index in [1.807, 2.05) is 47.4 Å². The number of furan rings is 1. The first-order valence-corrected chi connectivity index (χ1v) is 7.27. The van der Waals surface area contributed by atoms with Crippen molar-refractivity contribution in [1.82, 2.24) is 4.90 Å². The van der Waals surface area contributed by atoms with Gasteiger partial charge in [0.15, 0.2) is 0 Å². The number of nitrogens with zero attached hydrogens (tertiary/aromatic N) is 1. The molecule has 1 aromatic carbocycles. The lowest BCUT2D eigenvalue weighted by Gasteiger charge is -2.27. The molecule has 1 amide bonds. The zero-order chi connectivity index (χ0) is 13.9. The average molecular weight is 290 g/mol. The molecule has 1 aliphatic heterocycles. The Morgan fingerprint density at radius 1 is 1.25 bits per heavy atom. The molecule has 2 aromatic rings. The van der Waals surface area contributed by atoms with Gasteiger partial charge in [-0.15, -0.1) is 11.6 Å². The van der Waals surface area contributed by atoms with E-state index in [1.54, 1.807) is 6.26 Å². The normalized spacial score (nSPS) is 20.4. The molecule has 1 aliphatic rings. The van der Waals surface area contributed by atoms with Gasteiger partial charge in [-0.3, -0.25) is 4.79 Å². The van der Waals surface area contributed by atoms with Crippen molar-refractivity contribution in [3.8, 4) is 0 Å². The van der Waals surface area contributed by atoms with Crippen molar-refractivity contribution in [2.24, 2.45) is 5.92 Å². The third-order valence-corrected chi connectivity index (χ3v) is 4.13. The molecule has 0 radical (unpaired) electrons. The highest BCUT2D eigenvalue weighted by atomic mass is 35.5. The summed E-state index contributed by atoms with van der Waals surface area (Å²) in [5.41, 5.74) is 1.06. The van der Waals surface area contributed by atoms with Crippen molar-refractivity contribution >= 4 is 17.5 Å². The first kappa shape index (κ1) is 13.3. The third kappa shape index (κ3) is 2.46. The van der Waals surface area contributed by atoms with Gasteiger partial charge < -0.3 is 9.32 Å². The van der Waals surface area contributed by atoms with E-state index >= 15 is 0 Å². The first-order valence-electron chi connectivity index (χ1n) is 6.73. The predicted molar refractivity (Wildman–Crippen MR) is 77.5 cm³/mol. The molecule has 2 heterocycles. The van der Waals surface area contributed by atoms with Crippen LogP contribution in [0.5, 0.6) is 0 Å². The molecule has 3 nitrogen and oxygen atoms in total. The van der Waals surface area contributed by atoms with E-state index < -0.39 is 0 Å². The van der Waals surface area contributed by atoms with Crippen LogP contribution in [-0.4, -0.2) is 23.2 Å². The fourth-order valence-corrected chi connectivity index (χ4v) is 2.95. The Hall–Kier alpha value is -1.74. The lowest BCUT2D eigenvalue weighted by atomic mass is 10.0. The number of carbonyl (C=O) groups is 1. The molecule has 0 spiro atoms. The summed E-state index contributed by atoms with van der Waals surface area (Å²) in [4.78, 5) is 14.2. The molecular formula is C16H16ClNO2. The van der Waals surface area contributed by atoms with Gasteiger partial charge in [0.25, 0.3) is 0 Å². The molecule has 1 aromatic heterocycles. The standard InChI is InChI=1S/C16H16ClNO2/c17-10-12-9-15(19)18(11-12)16(14-7-4-8-20-14)13-5-2-1-3-6-13/h1-8,12,16H,9-11H2. The van der Waals surface area contributed by atoms with Gasteiger partial charge in [-0.2, -0.15) is 0 Å². The second-order valence-corrected chi connectivity index (χ2v) is 5.41. The number of halogens is 1. The summed E-state index contributed by atoms with van der Waals surface area (Å²) >= 11 is 5.91. The van der Waals surface area contributed by atoms with Crippen LogP contribution in [0.3, 0.4) is 0 Å². The number of amides is 1. The van der Waals surface area contributed by atoms with Crippen molar-refractivity contribution < 1.29 is 9.21 Å². The van der Waals surface area contributed by atoms with Crippen LogP contribution in [0.2, 0.25) is 0 Å². The van der Waals surface area contributed by atoms with Gasteiger partial charge in [0, 0.05) is 18.8 Å². The zero-order valence-corrected chi connectivity index (χ0v) is 11.8. The van der Waals surface area contributed by atoms with Crippen LogP contribution in [0.25, 0.3) is 0 Å². The molecule has 4 heteroatoms. The van der Waals surface area contributed by atoms with E-state index in [1.165, 1.54) is 0 Å². The minimum Gasteiger partial charge on any atom is -0.467 e. The second-order valence-electron chi connectivity index (χ2n) is 5.10. The van der Waals surface area contributed by atoms with Crippen molar-refractivity contribution in [1.29, 1.82) is 0 Å². The molecule has 0 N–H and O–H groups in total. The number of hydrogen-bond donors (Lipinski definition) is 0. The summed E-state index contributed by atoms with van der Waals surface area (Å²) in [5, 5.41) is 0. The van der Waals surface area contributed by atoms with E-state index in [9.17, 15) is 4.79 Å². The number of rotatable bonds is 4. The van der Waals surface area contributed by atoms with Crippen LogP contribution in [-0.2, 0) is 4.79 Å². The Bertz CT molecular complexity index is 567. The molecule has 1 fully saturated rings. The van der Waals surface area contributed by atoms with Gasteiger partial charge in [-0.1, -0.05) is 30.3 Å². The molecule has 20 heavy (non-hydrogen) atoms. The molecule has 1 saturated heterocycles. The van der Waals surface area contributed by atoms with E-state index in [4.69, 9.17) is 16.0 Å². The van der Waals surface area contributed by atoms with E-state index in [0.29, 0.717) is 18.8 Å². The maximum Gasteiger partial charge on any atom is 0.223 e. The SMILES string of the molecule is O=C1CC(CCl)CN1C(c1ccccc1)c1ccco1. The van der Waals surface area contributed by atoms with Crippen molar-refractivity contribution in [2.75, 3.05) is 12.4 Å². The van der Waals surface area contributed by atoms with Gasteiger partial charge in [-0.05, 0) is 23.6 Å². The summed E-state index contributed by atoms with van der Waals surface area (Å²) in [6.45, 7) is 0.683. The van der Waals surface area contributed by atoms with Crippen molar-refractivity contribution in [3.63, 3.8) is 0 Å². The zero-order valence-electron chi connectivity index (χ0n) is 11.0. The average Bonchev–Trinajstić information content (AvgIpc) is 3.11. The topological polar surface area (TPSA) is 33.5 Å². The Morgan fingerprint density at radius 3 is 2.65 bits per heavy atom. The molecule has 2 unspecified atom stereocenters. The maximum absolute atomic E-state index is 12.3. The lowest BCUT2D eigenvalue weighted by Crippen LogP contribution is -2.31. The summed E-state index contributed by atoms with van der Waals surface area (Å²) < 4.78 is 5.55. The highest BCUT2D eigenvalue weighted by Crippen LogP contribution is 2.34. The number of carbonyl (C=O) groups excluding carboxylic acids is 1. The lowest BCUT2D eigenvalue weighted by molar-refractivity contribution is -0.129. The molecule has 0 bridgehead atoms.